The Labute approximate surface area is 312 Å². The molecule has 0 spiro atoms. The molecule has 0 aromatic heterocycles. The number of methoxy groups -OCH3 is 1. The molecule has 8 atom stereocenters. The number of amides is 3. The van der Waals surface area contributed by atoms with E-state index in [0.29, 0.717) is 35.8 Å². The third-order valence-electron chi connectivity index (χ3n) is 16.1. The third kappa shape index (κ3) is 5.97. The molecule has 7 unspecified atom stereocenters. The van der Waals surface area contributed by atoms with Gasteiger partial charge in [-0.25, -0.2) is 14.4 Å². The molecule has 3 amide bonds. The van der Waals surface area contributed by atoms with Crippen molar-refractivity contribution in [2.45, 2.75) is 149 Å². The Kier molecular flexibility index (Phi) is 8.97. The van der Waals surface area contributed by atoms with Gasteiger partial charge in [0.2, 0.25) is 0 Å². The normalized spacial score (nSPS) is 38.2. The molecule has 7 rings (SSSR count). The lowest BCUT2D eigenvalue weighted by atomic mass is 9.33. The van der Waals surface area contributed by atoms with Crippen molar-refractivity contribution in [1.82, 2.24) is 16.0 Å². The second kappa shape index (κ2) is 12.5. The van der Waals surface area contributed by atoms with E-state index in [2.05, 4.69) is 68.8 Å². The van der Waals surface area contributed by atoms with Crippen LogP contribution in [0.5, 0.6) is 0 Å². The molecule has 1 aromatic carbocycles. The second-order valence-corrected chi connectivity index (χ2v) is 20.2. The van der Waals surface area contributed by atoms with Crippen molar-refractivity contribution in [3.8, 4) is 0 Å². The molecule has 6 aliphatic carbocycles. The van der Waals surface area contributed by atoms with Gasteiger partial charge >= 0.3 is 18.1 Å². The van der Waals surface area contributed by atoms with Crippen molar-refractivity contribution < 1.29 is 23.9 Å². The van der Waals surface area contributed by atoms with Crippen LogP contribution in [0.4, 0.5) is 9.59 Å². The fraction of sp³-hybridized carbons (Fsp3) is 0.750. The minimum absolute atomic E-state index is 0.0186. The van der Waals surface area contributed by atoms with Crippen LogP contribution < -0.4 is 16.0 Å². The van der Waals surface area contributed by atoms with Crippen molar-refractivity contribution in [1.29, 1.82) is 0 Å². The van der Waals surface area contributed by atoms with E-state index in [4.69, 9.17) is 9.47 Å². The van der Waals surface area contributed by atoms with Crippen LogP contribution in [-0.4, -0.2) is 48.4 Å². The molecule has 5 saturated carbocycles. The van der Waals surface area contributed by atoms with Crippen molar-refractivity contribution in [3.63, 3.8) is 0 Å². The van der Waals surface area contributed by atoms with Crippen LogP contribution in [0, 0.1) is 45.3 Å². The maximum atomic E-state index is 13.6. The number of rotatable bonds is 6. The number of esters is 1. The Morgan fingerprint density at radius 1 is 0.788 bits per heavy atom. The zero-order valence-electron chi connectivity index (χ0n) is 33.4. The fourth-order valence-corrected chi connectivity index (χ4v) is 13.3. The summed E-state index contributed by atoms with van der Waals surface area (Å²) in [5, 5.41) is 9.78. The lowest BCUT2D eigenvalue weighted by molar-refractivity contribution is -0.216. The summed E-state index contributed by atoms with van der Waals surface area (Å²) in [6.07, 6.45) is 15.5. The average Bonchev–Trinajstić information content (AvgIpc) is 3.70. The molecule has 0 aliphatic heterocycles. The molecule has 1 aromatic rings. The Bertz CT molecular complexity index is 1620. The molecule has 6 aliphatic rings. The summed E-state index contributed by atoms with van der Waals surface area (Å²) < 4.78 is 10.4. The van der Waals surface area contributed by atoms with E-state index in [0.717, 1.165) is 38.5 Å². The number of benzene rings is 1. The quantitative estimate of drug-likeness (QED) is 0.255. The molecular weight excluding hydrogens is 650 g/mol. The molecule has 3 N–H and O–H groups in total. The molecule has 0 radical (unpaired) electrons. The van der Waals surface area contributed by atoms with Crippen LogP contribution in [0.15, 0.2) is 30.3 Å². The molecule has 0 bridgehead atoms. The number of alkyl carbamates (subject to hydrolysis) is 1. The topological polar surface area (TPSA) is 106 Å². The van der Waals surface area contributed by atoms with E-state index in [9.17, 15) is 14.4 Å². The summed E-state index contributed by atoms with van der Waals surface area (Å²) in [5.74, 6) is 2.04. The van der Waals surface area contributed by atoms with Crippen molar-refractivity contribution >= 4 is 23.7 Å². The highest BCUT2D eigenvalue weighted by atomic mass is 16.6. The summed E-state index contributed by atoms with van der Waals surface area (Å²) in [4.78, 5) is 38.2. The number of allylic oxidation sites excluding steroid dienone is 2. The van der Waals surface area contributed by atoms with Gasteiger partial charge in [-0.1, -0.05) is 59.2 Å². The van der Waals surface area contributed by atoms with E-state index < -0.39 is 17.2 Å². The van der Waals surface area contributed by atoms with Gasteiger partial charge < -0.3 is 25.4 Å². The number of carbonyl (C=O) groups excluding carboxylic acids is 3. The standard InChI is InChI=1S/C44H65N3O5/c1-38(2,3)52-37(50)47-43(24-25-43)27-45-36(49)46-44-20-10-11-32(44)31-16-17-34-40(6)21-18-30(28-12-14-29(15-13-28)35(48)51-9)39(4,5)33(40)19-22-42(34,8)41(31,7)23-26-44/h12-15,18,31-34H,10-11,16-17,19-27H2,1-9H3,(H,47,50)(H2,45,46,49)/t31?,32?,33?,34?,40?,41-,42?,44?/m1/s1. The predicted molar refractivity (Wildman–Crippen MR) is 205 cm³/mol. The maximum absolute atomic E-state index is 13.6. The van der Waals surface area contributed by atoms with E-state index in [1.807, 2.05) is 32.9 Å². The molecule has 8 heteroatoms. The zero-order chi connectivity index (χ0) is 37.5. The molecule has 0 heterocycles. The molecule has 0 saturated heterocycles. The second-order valence-electron chi connectivity index (χ2n) is 20.2. The van der Waals surface area contributed by atoms with Gasteiger partial charge in [0.25, 0.3) is 0 Å². The smallest absolute Gasteiger partial charge is 0.408 e. The monoisotopic (exact) mass is 715 g/mol. The van der Waals surface area contributed by atoms with Crippen LogP contribution in [0.3, 0.4) is 0 Å². The number of urea groups is 1. The fourth-order valence-electron chi connectivity index (χ4n) is 13.3. The number of carbonyl (C=O) groups is 3. The Morgan fingerprint density at radius 3 is 2.15 bits per heavy atom. The van der Waals surface area contributed by atoms with Crippen molar-refractivity contribution in [2.24, 2.45) is 45.3 Å². The minimum Gasteiger partial charge on any atom is -0.465 e. The largest absolute Gasteiger partial charge is 0.465 e. The van der Waals surface area contributed by atoms with Crippen LogP contribution in [0.2, 0.25) is 0 Å². The van der Waals surface area contributed by atoms with Gasteiger partial charge in [-0.15, -0.1) is 0 Å². The Hall–Kier alpha value is -3.03. The Balaban J connectivity index is 1.06. The van der Waals surface area contributed by atoms with E-state index >= 15 is 0 Å². The van der Waals surface area contributed by atoms with Gasteiger partial charge in [0.1, 0.15) is 5.60 Å². The van der Waals surface area contributed by atoms with Gasteiger partial charge in [0, 0.05) is 12.1 Å². The summed E-state index contributed by atoms with van der Waals surface area (Å²) in [5.41, 5.74) is 2.83. The highest BCUT2D eigenvalue weighted by molar-refractivity contribution is 5.90. The number of hydrogen-bond acceptors (Lipinski definition) is 5. The molecule has 286 valence electrons. The zero-order valence-corrected chi connectivity index (χ0v) is 33.4. The van der Waals surface area contributed by atoms with Crippen LogP contribution in [-0.2, 0) is 9.47 Å². The van der Waals surface area contributed by atoms with Crippen LogP contribution in [0.25, 0.3) is 5.57 Å². The maximum Gasteiger partial charge on any atom is 0.408 e. The first-order chi connectivity index (χ1) is 24.3. The molecular formula is C44H65N3O5. The molecule has 52 heavy (non-hydrogen) atoms. The SMILES string of the molecule is COC(=O)c1ccc(C2=CCC3(C)C(CCC4(C)C3CCC3C5CCCC5(NC(=O)NCC5(NC(=O)OC(C)(C)C)CC5)CC[C@]34C)C2(C)C)cc1. The molecule has 5 fully saturated rings. The predicted octanol–water partition coefficient (Wildman–Crippen LogP) is 9.43. The summed E-state index contributed by atoms with van der Waals surface area (Å²) in [6, 6.07) is 7.94. The third-order valence-corrected chi connectivity index (χ3v) is 16.1. The number of hydrogen-bond donors (Lipinski definition) is 3. The minimum atomic E-state index is -0.555. The van der Waals surface area contributed by atoms with E-state index in [-0.39, 0.29) is 39.2 Å². The van der Waals surface area contributed by atoms with Crippen molar-refractivity contribution in [2.75, 3.05) is 13.7 Å². The Morgan fingerprint density at radius 2 is 1.50 bits per heavy atom. The average molecular weight is 716 g/mol. The van der Waals surface area contributed by atoms with Gasteiger partial charge in [-0.2, -0.15) is 0 Å². The number of ether oxygens (including phenoxy) is 2. The van der Waals surface area contributed by atoms with Gasteiger partial charge in [0.05, 0.1) is 18.2 Å². The first-order valence-electron chi connectivity index (χ1n) is 20.3. The number of nitrogens with one attached hydrogen (secondary N) is 3. The highest BCUT2D eigenvalue weighted by Crippen LogP contribution is 2.76. The van der Waals surface area contributed by atoms with E-state index in [1.54, 1.807) is 0 Å². The van der Waals surface area contributed by atoms with Gasteiger partial charge in [-0.05, 0) is 160 Å². The van der Waals surface area contributed by atoms with Crippen LogP contribution >= 0.6 is 0 Å². The summed E-state index contributed by atoms with van der Waals surface area (Å²) in [6.45, 7) is 18.9. The molecule has 8 nitrogen and oxygen atoms in total. The lowest BCUT2D eigenvalue weighted by Crippen LogP contribution is -2.68. The number of fused-ring (bicyclic) bond motifs is 7. The van der Waals surface area contributed by atoms with Crippen molar-refractivity contribution in [3.05, 3.63) is 41.5 Å². The summed E-state index contributed by atoms with van der Waals surface area (Å²) >= 11 is 0. The lowest BCUT2D eigenvalue weighted by Gasteiger charge is -2.72. The van der Waals surface area contributed by atoms with E-state index in [1.165, 1.54) is 56.8 Å². The van der Waals surface area contributed by atoms with Gasteiger partial charge in [-0.3, -0.25) is 0 Å². The summed E-state index contributed by atoms with van der Waals surface area (Å²) in [7, 11) is 1.43. The first kappa shape index (κ1) is 37.3. The highest BCUT2D eigenvalue weighted by Gasteiger charge is 2.69. The first-order valence-corrected chi connectivity index (χ1v) is 20.3. The van der Waals surface area contributed by atoms with Crippen LogP contribution in [0.1, 0.15) is 148 Å². The van der Waals surface area contributed by atoms with Gasteiger partial charge in [0.15, 0.2) is 0 Å².